The van der Waals surface area contributed by atoms with E-state index in [4.69, 9.17) is 15.6 Å². The highest BCUT2D eigenvalue weighted by atomic mass is 16.5. The first-order chi connectivity index (χ1) is 18.7. The van der Waals surface area contributed by atoms with E-state index in [0.29, 0.717) is 41.4 Å². The Kier molecular flexibility index (Phi) is 7.03. The molecule has 0 aliphatic carbocycles. The molecule has 9 heteroatoms. The van der Waals surface area contributed by atoms with Gasteiger partial charge in [-0.3, -0.25) is 4.79 Å². The van der Waals surface area contributed by atoms with Crippen LogP contribution in [-0.2, 0) is 4.79 Å². The number of carbonyl (C=O) groups excluding carboxylic acids is 1. The molecule has 2 N–H and O–H groups in total. The maximum absolute atomic E-state index is 13.2. The molecule has 1 aliphatic rings. The van der Waals surface area contributed by atoms with Gasteiger partial charge in [0.1, 0.15) is 41.0 Å². The van der Waals surface area contributed by atoms with Crippen molar-refractivity contribution in [2.75, 3.05) is 18.8 Å². The van der Waals surface area contributed by atoms with E-state index in [2.05, 4.69) is 16.0 Å². The quantitative estimate of drug-likeness (QED) is 0.271. The summed E-state index contributed by atoms with van der Waals surface area (Å²) in [6, 6.07) is 19.2. The Bertz CT molecular complexity index is 1560. The summed E-state index contributed by atoms with van der Waals surface area (Å²) in [5, 5.41) is 15.3. The zero-order valence-electron chi connectivity index (χ0n) is 22.3. The Morgan fingerprint density at radius 2 is 1.82 bits per heavy atom. The van der Waals surface area contributed by atoms with E-state index in [1.807, 2.05) is 80.1 Å². The summed E-state index contributed by atoms with van der Waals surface area (Å²) in [6.07, 6.45) is 4.77. The molecule has 39 heavy (non-hydrogen) atoms. The molecule has 0 saturated carbocycles. The van der Waals surface area contributed by atoms with Gasteiger partial charge in [0.25, 0.3) is 5.91 Å². The first-order valence-corrected chi connectivity index (χ1v) is 13.0. The van der Waals surface area contributed by atoms with E-state index in [9.17, 15) is 10.1 Å². The number of hydrogen-bond donors (Lipinski definition) is 1. The number of hydrogen-bond acceptors (Lipinski definition) is 7. The van der Waals surface area contributed by atoms with Gasteiger partial charge in [-0.2, -0.15) is 10.4 Å². The number of allylic oxidation sites excluding steroid dienone is 1. The van der Waals surface area contributed by atoms with Crippen LogP contribution in [0.4, 0.5) is 5.82 Å². The average molecular weight is 522 g/mol. The highest BCUT2D eigenvalue weighted by Crippen LogP contribution is 2.35. The summed E-state index contributed by atoms with van der Waals surface area (Å²) in [5.74, 6) is 1.55. The van der Waals surface area contributed by atoms with Gasteiger partial charge in [-0.15, -0.1) is 0 Å². The fourth-order valence-corrected chi connectivity index (χ4v) is 4.84. The highest BCUT2D eigenvalue weighted by molar-refractivity contribution is 5.99. The van der Waals surface area contributed by atoms with Gasteiger partial charge < -0.3 is 15.4 Å². The Labute approximate surface area is 227 Å². The van der Waals surface area contributed by atoms with Crippen LogP contribution < -0.4 is 10.5 Å². The SMILES string of the molecule is CC(C)(C)/C=C(/C#N)C(=O)N1CCC[C@@H](n2nc(-c3ccc(Oc4ccccc4)cc3)c3c(N)ncnc32)C1. The number of nitrogen functional groups attached to an aromatic ring is 1. The van der Waals surface area contributed by atoms with Crippen LogP contribution >= 0.6 is 0 Å². The summed E-state index contributed by atoms with van der Waals surface area (Å²) in [5.41, 5.74) is 8.35. The molecule has 0 bridgehead atoms. The van der Waals surface area contributed by atoms with Crippen molar-refractivity contribution in [2.24, 2.45) is 5.41 Å². The Balaban J connectivity index is 1.46. The van der Waals surface area contributed by atoms with Crippen molar-refractivity contribution in [2.45, 2.75) is 39.7 Å². The molecule has 5 rings (SSSR count). The second-order valence-electron chi connectivity index (χ2n) is 10.8. The maximum Gasteiger partial charge on any atom is 0.264 e. The van der Waals surface area contributed by atoms with Gasteiger partial charge in [0.05, 0.1) is 11.4 Å². The lowest BCUT2D eigenvalue weighted by Gasteiger charge is -2.33. The number of benzene rings is 2. The van der Waals surface area contributed by atoms with Crippen molar-refractivity contribution >= 4 is 22.8 Å². The number of rotatable bonds is 5. The van der Waals surface area contributed by atoms with Crippen molar-refractivity contribution in [3.05, 3.63) is 72.6 Å². The number of nitrogens with two attached hydrogens (primary N) is 1. The third-order valence-corrected chi connectivity index (χ3v) is 6.58. The molecule has 1 saturated heterocycles. The third-order valence-electron chi connectivity index (χ3n) is 6.58. The fraction of sp³-hybridized carbons (Fsp3) is 0.300. The summed E-state index contributed by atoms with van der Waals surface area (Å²) >= 11 is 0. The first kappa shape index (κ1) is 25.9. The maximum atomic E-state index is 13.2. The largest absolute Gasteiger partial charge is 0.457 e. The molecule has 2 aromatic heterocycles. The first-order valence-electron chi connectivity index (χ1n) is 13.0. The number of aromatic nitrogens is 4. The van der Waals surface area contributed by atoms with Gasteiger partial charge in [0.15, 0.2) is 5.65 Å². The van der Waals surface area contributed by atoms with Gasteiger partial charge in [-0.25, -0.2) is 14.6 Å². The summed E-state index contributed by atoms with van der Waals surface area (Å²) < 4.78 is 7.79. The zero-order chi connectivity index (χ0) is 27.6. The van der Waals surface area contributed by atoms with Gasteiger partial charge in [-0.1, -0.05) is 45.0 Å². The molecule has 2 aromatic carbocycles. The van der Waals surface area contributed by atoms with Crippen LogP contribution in [0.2, 0.25) is 0 Å². The van der Waals surface area contributed by atoms with Crippen LogP contribution in [0.1, 0.15) is 39.7 Å². The Morgan fingerprint density at radius 3 is 2.51 bits per heavy atom. The lowest BCUT2D eigenvalue weighted by molar-refractivity contribution is -0.128. The molecule has 4 aromatic rings. The number of carbonyl (C=O) groups is 1. The second-order valence-corrected chi connectivity index (χ2v) is 10.8. The molecule has 1 amide bonds. The van der Waals surface area contributed by atoms with Crippen molar-refractivity contribution in [3.63, 3.8) is 0 Å². The third kappa shape index (κ3) is 5.60. The number of piperidine rings is 1. The minimum absolute atomic E-state index is 0.122. The molecular formula is C30H31N7O2. The Hall–Kier alpha value is -4.71. The van der Waals surface area contributed by atoms with Crippen molar-refractivity contribution in [1.82, 2.24) is 24.6 Å². The van der Waals surface area contributed by atoms with Crippen molar-refractivity contribution in [3.8, 4) is 28.8 Å². The molecule has 0 unspecified atom stereocenters. The minimum atomic E-state index is -0.279. The van der Waals surface area contributed by atoms with Gasteiger partial charge in [0, 0.05) is 18.7 Å². The smallest absolute Gasteiger partial charge is 0.264 e. The van der Waals surface area contributed by atoms with Gasteiger partial charge >= 0.3 is 0 Å². The van der Waals surface area contributed by atoms with E-state index in [-0.39, 0.29) is 22.9 Å². The van der Waals surface area contributed by atoms with Crippen LogP contribution in [0.3, 0.4) is 0 Å². The van der Waals surface area contributed by atoms with Crippen molar-refractivity contribution < 1.29 is 9.53 Å². The van der Waals surface area contributed by atoms with Crippen LogP contribution in [0.5, 0.6) is 11.5 Å². The highest BCUT2D eigenvalue weighted by Gasteiger charge is 2.30. The van der Waals surface area contributed by atoms with E-state index >= 15 is 0 Å². The van der Waals surface area contributed by atoms with Crippen LogP contribution in [0.25, 0.3) is 22.3 Å². The molecule has 1 fully saturated rings. The molecular weight excluding hydrogens is 490 g/mol. The number of likely N-dealkylation sites (tertiary alicyclic amines) is 1. The monoisotopic (exact) mass is 521 g/mol. The number of amides is 1. The average Bonchev–Trinajstić information content (AvgIpc) is 3.33. The fourth-order valence-electron chi connectivity index (χ4n) is 4.84. The predicted octanol–water partition coefficient (Wildman–Crippen LogP) is 5.53. The van der Waals surface area contributed by atoms with Crippen LogP contribution in [-0.4, -0.2) is 43.6 Å². The normalized spacial score (nSPS) is 16.2. The number of para-hydroxylation sites is 1. The molecule has 198 valence electrons. The minimum Gasteiger partial charge on any atom is -0.457 e. The Morgan fingerprint density at radius 1 is 1.10 bits per heavy atom. The number of nitriles is 1. The number of ether oxygens (including phenoxy) is 1. The summed E-state index contributed by atoms with van der Waals surface area (Å²) in [7, 11) is 0. The molecule has 1 atom stereocenters. The molecule has 9 nitrogen and oxygen atoms in total. The summed E-state index contributed by atoms with van der Waals surface area (Å²) in [4.78, 5) is 23.7. The van der Waals surface area contributed by atoms with Crippen LogP contribution in [0.15, 0.2) is 72.6 Å². The summed E-state index contributed by atoms with van der Waals surface area (Å²) in [6.45, 7) is 6.92. The standard InChI is InChI=1S/C30H31N7O2/c1-30(2,3)16-21(17-31)29(38)36-15-7-8-22(18-36)37-28-25(27(32)33-19-34-28)26(35-37)20-11-13-24(14-12-20)39-23-9-5-4-6-10-23/h4-6,9-14,16,19,22H,7-8,15,18H2,1-3H3,(H2,32,33,34)/b21-16-/t22-/m1/s1. The number of anilines is 1. The van der Waals surface area contributed by atoms with E-state index in [0.717, 1.165) is 24.2 Å². The molecule has 1 aliphatic heterocycles. The topological polar surface area (TPSA) is 123 Å². The lowest BCUT2D eigenvalue weighted by Crippen LogP contribution is -2.41. The van der Waals surface area contributed by atoms with E-state index < -0.39 is 0 Å². The number of nitrogens with zero attached hydrogens (tertiary/aromatic N) is 6. The molecule has 3 heterocycles. The molecule has 0 radical (unpaired) electrons. The predicted molar refractivity (Wildman–Crippen MR) is 150 cm³/mol. The van der Waals surface area contributed by atoms with Crippen molar-refractivity contribution in [1.29, 1.82) is 5.26 Å². The zero-order valence-corrected chi connectivity index (χ0v) is 22.3. The lowest BCUT2D eigenvalue weighted by atomic mass is 9.93. The molecule has 0 spiro atoms. The second kappa shape index (κ2) is 10.6. The number of fused-ring (bicyclic) bond motifs is 1. The van der Waals surface area contributed by atoms with E-state index in [1.165, 1.54) is 6.33 Å². The van der Waals surface area contributed by atoms with Gasteiger partial charge in [0.2, 0.25) is 0 Å². The van der Waals surface area contributed by atoms with Gasteiger partial charge in [-0.05, 0) is 54.7 Å². The van der Waals surface area contributed by atoms with Crippen LogP contribution in [0, 0.1) is 16.7 Å². The van der Waals surface area contributed by atoms with E-state index in [1.54, 1.807) is 11.0 Å².